The second-order valence-electron chi connectivity index (χ2n) is 5.37. The number of primary amides is 1. The largest absolute Gasteiger partial charge is 0.382 e. The maximum Gasteiger partial charge on any atom is 0.248 e. The average Bonchev–Trinajstić information content (AvgIpc) is 2.91. The number of nitrogens with two attached hydrogens (primary N) is 1. The molecule has 3 nitrogen and oxygen atoms in total. The third-order valence-electron chi connectivity index (χ3n) is 4.26. The molecule has 2 fully saturated rings. The number of fused-ring (bicyclic) bond motifs is 2. The second kappa shape index (κ2) is 4.06. The summed E-state index contributed by atoms with van der Waals surface area (Å²) < 4.78 is 0. The highest BCUT2D eigenvalue weighted by Crippen LogP contribution is 2.45. The lowest BCUT2D eigenvalue weighted by Crippen LogP contribution is -2.25. The van der Waals surface area contributed by atoms with E-state index in [1.807, 2.05) is 12.1 Å². The van der Waals surface area contributed by atoms with Crippen LogP contribution in [0.3, 0.4) is 0 Å². The average molecular weight is 230 g/mol. The fourth-order valence-corrected chi connectivity index (χ4v) is 3.37. The van der Waals surface area contributed by atoms with E-state index >= 15 is 0 Å². The van der Waals surface area contributed by atoms with Gasteiger partial charge >= 0.3 is 0 Å². The summed E-state index contributed by atoms with van der Waals surface area (Å²) in [5.74, 6) is 1.44. The molecule has 3 heteroatoms. The van der Waals surface area contributed by atoms with Crippen LogP contribution in [0.2, 0.25) is 0 Å². The van der Waals surface area contributed by atoms with E-state index in [-0.39, 0.29) is 5.91 Å². The van der Waals surface area contributed by atoms with Crippen LogP contribution in [0.1, 0.15) is 36.0 Å². The zero-order chi connectivity index (χ0) is 11.8. The summed E-state index contributed by atoms with van der Waals surface area (Å²) in [6, 6.07) is 8.11. The third-order valence-corrected chi connectivity index (χ3v) is 4.26. The smallest absolute Gasteiger partial charge is 0.248 e. The Bertz CT molecular complexity index is 426. The van der Waals surface area contributed by atoms with E-state index in [2.05, 4.69) is 5.32 Å². The highest BCUT2D eigenvalue weighted by Gasteiger charge is 2.39. The summed E-state index contributed by atoms with van der Waals surface area (Å²) in [7, 11) is 0. The molecule has 0 heterocycles. The van der Waals surface area contributed by atoms with Crippen molar-refractivity contribution in [1.82, 2.24) is 0 Å². The summed E-state index contributed by atoms with van der Waals surface area (Å²) >= 11 is 0. The van der Waals surface area contributed by atoms with Crippen molar-refractivity contribution in [2.45, 2.75) is 31.7 Å². The number of carbonyl (C=O) groups excluding carboxylic acids is 1. The Kier molecular flexibility index (Phi) is 2.54. The lowest BCUT2D eigenvalue weighted by atomic mass is 9.95. The molecule has 2 aliphatic rings. The van der Waals surface area contributed by atoms with Crippen LogP contribution in [0.4, 0.5) is 5.69 Å². The van der Waals surface area contributed by atoms with Gasteiger partial charge in [0.2, 0.25) is 5.91 Å². The van der Waals surface area contributed by atoms with Gasteiger partial charge in [-0.15, -0.1) is 0 Å². The monoisotopic (exact) mass is 230 g/mol. The normalized spacial score (nSPS) is 30.5. The molecule has 3 unspecified atom stereocenters. The number of amides is 1. The van der Waals surface area contributed by atoms with E-state index in [9.17, 15) is 4.79 Å². The highest BCUT2D eigenvalue weighted by molar-refractivity contribution is 5.93. The number of hydrogen-bond acceptors (Lipinski definition) is 2. The van der Waals surface area contributed by atoms with Crippen molar-refractivity contribution in [3.63, 3.8) is 0 Å². The van der Waals surface area contributed by atoms with Gasteiger partial charge in [-0.1, -0.05) is 6.42 Å². The molecule has 90 valence electrons. The molecule has 2 aliphatic carbocycles. The molecule has 3 N–H and O–H groups in total. The predicted octanol–water partition coefficient (Wildman–Crippen LogP) is 2.39. The first kappa shape index (κ1) is 10.6. The van der Waals surface area contributed by atoms with Crippen molar-refractivity contribution in [3.8, 4) is 0 Å². The summed E-state index contributed by atoms with van der Waals surface area (Å²) in [5.41, 5.74) is 6.89. The number of carbonyl (C=O) groups is 1. The lowest BCUT2D eigenvalue weighted by Gasteiger charge is -2.24. The summed E-state index contributed by atoms with van der Waals surface area (Å²) in [6.07, 6.45) is 5.50. The first-order valence-electron chi connectivity index (χ1n) is 6.39. The van der Waals surface area contributed by atoms with E-state index in [1.54, 1.807) is 12.1 Å². The standard InChI is InChI=1S/C14H18N2O/c15-14(17)10-3-5-12(6-4-10)16-13-8-9-1-2-11(13)7-9/h3-6,9,11,13,16H,1-2,7-8H2,(H2,15,17). The van der Waals surface area contributed by atoms with Crippen LogP contribution in [0.15, 0.2) is 24.3 Å². The van der Waals surface area contributed by atoms with E-state index in [1.165, 1.54) is 25.7 Å². The third kappa shape index (κ3) is 2.02. The quantitative estimate of drug-likeness (QED) is 0.837. The minimum absolute atomic E-state index is 0.364. The summed E-state index contributed by atoms with van der Waals surface area (Å²) in [5, 5.41) is 3.59. The van der Waals surface area contributed by atoms with E-state index in [4.69, 9.17) is 5.73 Å². The first-order valence-corrected chi connectivity index (χ1v) is 6.39. The Morgan fingerprint density at radius 3 is 2.47 bits per heavy atom. The van der Waals surface area contributed by atoms with Crippen LogP contribution in [0.25, 0.3) is 0 Å². The Hall–Kier alpha value is -1.51. The molecule has 1 aromatic carbocycles. The van der Waals surface area contributed by atoms with Gasteiger partial charge in [-0.25, -0.2) is 0 Å². The van der Waals surface area contributed by atoms with Gasteiger partial charge in [0.05, 0.1) is 0 Å². The molecular weight excluding hydrogens is 212 g/mol. The van der Waals surface area contributed by atoms with E-state index < -0.39 is 0 Å². The summed E-state index contributed by atoms with van der Waals surface area (Å²) in [6.45, 7) is 0. The van der Waals surface area contributed by atoms with Gasteiger partial charge in [-0.05, 0) is 55.4 Å². The van der Waals surface area contributed by atoms with E-state index in [0.717, 1.165) is 17.5 Å². The number of anilines is 1. The van der Waals surface area contributed by atoms with Crippen LogP contribution in [0.5, 0.6) is 0 Å². The molecule has 1 amide bonds. The van der Waals surface area contributed by atoms with Crippen molar-refractivity contribution in [2.24, 2.45) is 17.6 Å². The molecule has 0 radical (unpaired) electrons. The minimum atomic E-state index is -0.364. The molecule has 0 aromatic heterocycles. The van der Waals surface area contributed by atoms with Gasteiger partial charge in [0.15, 0.2) is 0 Å². The maximum atomic E-state index is 11.0. The van der Waals surface area contributed by atoms with Gasteiger partial charge in [0.1, 0.15) is 0 Å². The number of nitrogens with one attached hydrogen (secondary N) is 1. The molecule has 2 saturated carbocycles. The first-order chi connectivity index (χ1) is 8.22. The maximum absolute atomic E-state index is 11.0. The van der Waals surface area contributed by atoms with Crippen molar-refractivity contribution < 1.29 is 4.79 Å². The molecule has 0 spiro atoms. The van der Waals surface area contributed by atoms with Crippen LogP contribution in [0, 0.1) is 11.8 Å². The fraction of sp³-hybridized carbons (Fsp3) is 0.500. The van der Waals surface area contributed by atoms with E-state index in [0.29, 0.717) is 11.6 Å². The van der Waals surface area contributed by atoms with Gasteiger partial charge in [-0.3, -0.25) is 4.79 Å². The van der Waals surface area contributed by atoms with Crippen LogP contribution in [-0.2, 0) is 0 Å². The molecule has 0 aliphatic heterocycles. The predicted molar refractivity (Wildman–Crippen MR) is 67.8 cm³/mol. The SMILES string of the molecule is NC(=O)c1ccc(NC2CC3CCC2C3)cc1. The molecule has 3 atom stereocenters. The van der Waals surface area contributed by atoms with Gasteiger partial charge in [0, 0.05) is 17.3 Å². The van der Waals surface area contributed by atoms with Crippen molar-refractivity contribution in [2.75, 3.05) is 5.32 Å². The van der Waals surface area contributed by atoms with Gasteiger partial charge < -0.3 is 11.1 Å². The Morgan fingerprint density at radius 1 is 1.18 bits per heavy atom. The van der Waals surface area contributed by atoms with Crippen molar-refractivity contribution in [1.29, 1.82) is 0 Å². The molecule has 3 rings (SSSR count). The second-order valence-corrected chi connectivity index (χ2v) is 5.37. The Labute approximate surface area is 101 Å². The van der Waals surface area contributed by atoms with Crippen molar-refractivity contribution in [3.05, 3.63) is 29.8 Å². The highest BCUT2D eigenvalue weighted by atomic mass is 16.1. The number of rotatable bonds is 3. The molecule has 1 aromatic rings. The minimum Gasteiger partial charge on any atom is -0.382 e. The molecular formula is C14H18N2O. The zero-order valence-corrected chi connectivity index (χ0v) is 9.86. The van der Waals surface area contributed by atoms with Crippen LogP contribution < -0.4 is 11.1 Å². The lowest BCUT2D eigenvalue weighted by molar-refractivity contribution is 0.100. The van der Waals surface area contributed by atoms with Gasteiger partial charge in [-0.2, -0.15) is 0 Å². The summed E-state index contributed by atoms with van der Waals surface area (Å²) in [4.78, 5) is 11.0. The fourth-order valence-electron chi connectivity index (χ4n) is 3.37. The van der Waals surface area contributed by atoms with Gasteiger partial charge in [0.25, 0.3) is 0 Å². The number of benzene rings is 1. The van der Waals surface area contributed by atoms with Crippen LogP contribution in [-0.4, -0.2) is 11.9 Å². The molecule has 17 heavy (non-hydrogen) atoms. The zero-order valence-electron chi connectivity index (χ0n) is 9.86. The Morgan fingerprint density at radius 2 is 1.94 bits per heavy atom. The molecule has 0 saturated heterocycles. The Balaban J connectivity index is 1.67. The number of hydrogen-bond donors (Lipinski definition) is 2. The van der Waals surface area contributed by atoms with Crippen LogP contribution >= 0.6 is 0 Å². The van der Waals surface area contributed by atoms with Crippen molar-refractivity contribution >= 4 is 11.6 Å². The topological polar surface area (TPSA) is 55.1 Å². The molecule has 2 bridgehead atoms.